The highest BCUT2D eigenvalue weighted by Crippen LogP contribution is 2.38. The van der Waals surface area contributed by atoms with Crippen molar-refractivity contribution in [1.82, 2.24) is 25.7 Å². The van der Waals surface area contributed by atoms with Crippen LogP contribution < -0.4 is 17.0 Å². The van der Waals surface area contributed by atoms with Gasteiger partial charge in [0.2, 0.25) is 5.95 Å². The number of hydrogen-bond acceptors (Lipinski definition) is 9. The molecule has 2 aromatic heterocycles. The molecule has 3 heterocycles. The van der Waals surface area contributed by atoms with Crippen LogP contribution in [0, 0.1) is 0 Å². The number of ether oxygens (including phenoxy) is 1. The quantitative estimate of drug-likeness (QED) is 0.344. The van der Waals surface area contributed by atoms with E-state index in [1.807, 2.05) is 6.92 Å². The van der Waals surface area contributed by atoms with Crippen LogP contribution in [-0.2, 0) is 13.8 Å². The largest absolute Gasteiger partial charge is 0.469 e. The smallest absolute Gasteiger partial charge is 0.390 e. The SMILES string of the molecule is CCNc1nc2c(ncn2C2CC(O)C(COP(=O)(O)O)O2)c(=O)[nH]1.N. The molecule has 0 amide bonds. The number of phosphoric ester groups is 1. The fourth-order valence-corrected chi connectivity index (χ4v) is 2.94. The van der Waals surface area contributed by atoms with Gasteiger partial charge in [0, 0.05) is 13.0 Å². The van der Waals surface area contributed by atoms with E-state index < -0.39 is 38.4 Å². The van der Waals surface area contributed by atoms with Gasteiger partial charge in [-0.1, -0.05) is 0 Å². The average Bonchev–Trinajstić information content (AvgIpc) is 3.08. The van der Waals surface area contributed by atoms with Crippen molar-refractivity contribution < 1.29 is 28.7 Å². The molecule has 26 heavy (non-hydrogen) atoms. The number of rotatable bonds is 6. The lowest BCUT2D eigenvalue weighted by atomic mass is 10.2. The number of aliphatic hydroxyl groups excluding tert-OH is 1. The Labute approximate surface area is 147 Å². The van der Waals surface area contributed by atoms with Gasteiger partial charge in [0.05, 0.1) is 19.0 Å². The van der Waals surface area contributed by atoms with Gasteiger partial charge in [0.1, 0.15) is 12.3 Å². The van der Waals surface area contributed by atoms with Crippen molar-refractivity contribution in [2.24, 2.45) is 0 Å². The van der Waals surface area contributed by atoms with Crippen molar-refractivity contribution in [1.29, 1.82) is 0 Å². The summed E-state index contributed by atoms with van der Waals surface area (Å²) in [6.07, 6.45) is -1.12. The fourth-order valence-electron chi connectivity index (χ4n) is 2.59. The summed E-state index contributed by atoms with van der Waals surface area (Å²) in [6.45, 7) is 1.94. The summed E-state index contributed by atoms with van der Waals surface area (Å²) in [5, 5.41) is 12.9. The molecule has 1 saturated heterocycles. The number of imidazole rings is 1. The predicted molar refractivity (Wildman–Crippen MR) is 89.9 cm³/mol. The van der Waals surface area contributed by atoms with E-state index in [-0.39, 0.29) is 29.7 Å². The third-order valence-corrected chi connectivity index (χ3v) is 4.18. The number of fused-ring (bicyclic) bond motifs is 1. The van der Waals surface area contributed by atoms with E-state index in [0.29, 0.717) is 6.54 Å². The molecule has 3 atom stereocenters. The first-order valence-electron chi connectivity index (χ1n) is 7.53. The molecule has 0 radical (unpaired) electrons. The minimum absolute atomic E-state index is 0. The number of phosphoric acid groups is 1. The monoisotopic (exact) mass is 392 g/mol. The Bertz CT molecular complexity index is 863. The molecule has 1 aliphatic rings. The first kappa shape index (κ1) is 20.5. The lowest BCUT2D eigenvalue weighted by molar-refractivity contribution is -0.0424. The summed E-state index contributed by atoms with van der Waals surface area (Å²) in [6, 6.07) is 0. The van der Waals surface area contributed by atoms with E-state index in [4.69, 9.17) is 14.5 Å². The number of aliphatic hydroxyl groups is 1. The van der Waals surface area contributed by atoms with Crippen LogP contribution in [0.1, 0.15) is 19.6 Å². The summed E-state index contributed by atoms with van der Waals surface area (Å²) < 4.78 is 22.2. The van der Waals surface area contributed by atoms with Crippen molar-refractivity contribution in [3.05, 3.63) is 16.7 Å². The number of aromatic nitrogens is 4. The minimum atomic E-state index is -4.66. The van der Waals surface area contributed by atoms with Crippen LogP contribution >= 0.6 is 7.82 Å². The second kappa shape index (κ2) is 7.80. The van der Waals surface area contributed by atoms with E-state index in [9.17, 15) is 14.5 Å². The first-order chi connectivity index (χ1) is 11.8. The van der Waals surface area contributed by atoms with Crippen LogP contribution in [0.25, 0.3) is 11.2 Å². The molecule has 8 N–H and O–H groups in total. The number of anilines is 1. The highest BCUT2D eigenvalue weighted by Gasteiger charge is 2.37. The highest BCUT2D eigenvalue weighted by atomic mass is 31.2. The lowest BCUT2D eigenvalue weighted by Crippen LogP contribution is -2.25. The Morgan fingerprint density at radius 2 is 2.27 bits per heavy atom. The van der Waals surface area contributed by atoms with E-state index in [0.717, 1.165) is 0 Å². The zero-order valence-electron chi connectivity index (χ0n) is 13.9. The Hall–Kier alpha value is -1.86. The number of nitrogens with one attached hydrogen (secondary N) is 2. The Balaban J connectivity index is 0.00000243. The molecule has 1 aliphatic heterocycles. The lowest BCUT2D eigenvalue weighted by Gasteiger charge is -2.16. The zero-order valence-corrected chi connectivity index (χ0v) is 14.8. The zero-order chi connectivity index (χ0) is 18.2. The number of H-pyrrole nitrogens is 1. The van der Waals surface area contributed by atoms with Gasteiger partial charge in [0.15, 0.2) is 11.2 Å². The topological polar surface area (TPSA) is 207 Å². The third kappa shape index (κ3) is 4.27. The maximum Gasteiger partial charge on any atom is 0.469 e. The van der Waals surface area contributed by atoms with Crippen LogP contribution in [0.15, 0.2) is 11.1 Å². The van der Waals surface area contributed by atoms with Crippen molar-refractivity contribution in [3.8, 4) is 0 Å². The second-order valence-corrected chi connectivity index (χ2v) is 6.73. The standard InChI is InChI=1S/C12H18N5O7P.H3N/c1-2-13-12-15-10-9(11(19)16-12)14-5-17(10)8-3-6(18)7(24-8)4-23-25(20,21)22;/h5-8,18H,2-4H2,1H3,(H2,20,21,22)(H2,13,15,16,19);1H3. The first-order valence-corrected chi connectivity index (χ1v) is 9.06. The number of hydrogen-bond donors (Lipinski definition) is 6. The summed E-state index contributed by atoms with van der Waals surface area (Å²) in [5.41, 5.74) is -0.0252. The van der Waals surface area contributed by atoms with Crippen molar-refractivity contribution >= 4 is 24.9 Å². The van der Waals surface area contributed by atoms with Gasteiger partial charge in [-0.3, -0.25) is 18.9 Å². The predicted octanol–water partition coefficient (Wildman–Crippen LogP) is -0.529. The van der Waals surface area contributed by atoms with Crippen LogP contribution in [0.4, 0.5) is 5.95 Å². The van der Waals surface area contributed by atoms with Gasteiger partial charge in [-0.25, -0.2) is 9.55 Å². The molecule has 0 bridgehead atoms. The highest BCUT2D eigenvalue weighted by molar-refractivity contribution is 7.46. The van der Waals surface area contributed by atoms with Crippen molar-refractivity contribution in [2.45, 2.75) is 31.8 Å². The Morgan fingerprint density at radius 3 is 2.92 bits per heavy atom. The van der Waals surface area contributed by atoms with Gasteiger partial charge < -0.3 is 31.1 Å². The summed E-state index contributed by atoms with van der Waals surface area (Å²) in [7, 11) is -4.66. The van der Waals surface area contributed by atoms with Gasteiger partial charge in [-0.2, -0.15) is 4.98 Å². The molecular weight excluding hydrogens is 371 g/mol. The second-order valence-electron chi connectivity index (χ2n) is 5.49. The molecule has 1 fully saturated rings. The van der Waals surface area contributed by atoms with Gasteiger partial charge in [0.25, 0.3) is 5.56 Å². The molecule has 13 nitrogen and oxygen atoms in total. The molecule has 0 aliphatic carbocycles. The molecule has 0 aromatic carbocycles. The third-order valence-electron chi connectivity index (χ3n) is 3.70. The van der Waals surface area contributed by atoms with Crippen molar-refractivity contribution in [2.75, 3.05) is 18.5 Å². The number of nitrogens with zero attached hydrogens (tertiary/aromatic N) is 3. The fraction of sp³-hybridized carbons (Fsp3) is 0.583. The normalized spacial score (nSPS) is 23.2. The van der Waals surface area contributed by atoms with Gasteiger partial charge in [-0.05, 0) is 6.92 Å². The Kier molecular flexibility index (Phi) is 6.13. The summed E-state index contributed by atoms with van der Waals surface area (Å²) >= 11 is 0. The van der Waals surface area contributed by atoms with Crippen LogP contribution in [0.3, 0.4) is 0 Å². The van der Waals surface area contributed by atoms with E-state index in [1.54, 1.807) is 0 Å². The van der Waals surface area contributed by atoms with Gasteiger partial charge in [-0.15, -0.1) is 0 Å². The van der Waals surface area contributed by atoms with E-state index in [2.05, 4.69) is 24.8 Å². The van der Waals surface area contributed by atoms with Crippen LogP contribution in [-0.4, -0.2) is 59.8 Å². The molecule has 14 heteroatoms. The van der Waals surface area contributed by atoms with Crippen LogP contribution in [0.5, 0.6) is 0 Å². The van der Waals surface area contributed by atoms with Crippen LogP contribution in [0.2, 0.25) is 0 Å². The van der Waals surface area contributed by atoms with E-state index in [1.165, 1.54) is 10.9 Å². The average molecular weight is 392 g/mol. The summed E-state index contributed by atoms with van der Waals surface area (Å²) in [5.74, 6) is 0.279. The maximum absolute atomic E-state index is 12.0. The number of aromatic amines is 1. The van der Waals surface area contributed by atoms with Crippen molar-refractivity contribution in [3.63, 3.8) is 0 Å². The molecule has 146 valence electrons. The molecular formula is C12H21N6O7P. The molecule has 0 saturated carbocycles. The Morgan fingerprint density at radius 1 is 1.54 bits per heavy atom. The molecule has 3 rings (SSSR count). The minimum Gasteiger partial charge on any atom is -0.390 e. The maximum atomic E-state index is 12.0. The summed E-state index contributed by atoms with van der Waals surface area (Å²) in [4.78, 5) is 40.4. The molecule has 0 spiro atoms. The van der Waals surface area contributed by atoms with E-state index >= 15 is 0 Å². The molecule has 3 unspecified atom stereocenters. The molecule has 2 aromatic rings. The van der Waals surface area contributed by atoms with Gasteiger partial charge >= 0.3 is 7.82 Å².